The van der Waals surface area contributed by atoms with Crippen molar-refractivity contribution in [2.75, 3.05) is 13.1 Å². The third-order valence-electron chi connectivity index (χ3n) is 5.72. The minimum atomic E-state index is -0.596. The molecule has 1 aromatic carbocycles. The fourth-order valence-electron chi connectivity index (χ4n) is 3.85. The highest BCUT2D eigenvalue weighted by molar-refractivity contribution is 5.90. The van der Waals surface area contributed by atoms with Crippen LogP contribution in [0.3, 0.4) is 0 Å². The minimum Gasteiger partial charge on any atom is -0.353 e. The first kappa shape index (κ1) is 16.5. The van der Waals surface area contributed by atoms with Gasteiger partial charge in [-0.1, -0.05) is 6.07 Å². The summed E-state index contributed by atoms with van der Waals surface area (Å²) in [5.74, 6) is -1.10. The molecule has 0 aromatic heterocycles. The van der Waals surface area contributed by atoms with Crippen molar-refractivity contribution in [2.45, 2.75) is 50.0 Å². The highest BCUT2D eigenvalue weighted by atomic mass is 19.1. The quantitative estimate of drug-likeness (QED) is 0.889. The Balaban J connectivity index is 1.40. The van der Waals surface area contributed by atoms with Crippen molar-refractivity contribution < 1.29 is 18.4 Å². The number of nitrogens with one attached hydrogen (secondary N) is 1. The van der Waals surface area contributed by atoms with Gasteiger partial charge in [-0.3, -0.25) is 9.59 Å². The Kier molecular flexibility index (Phi) is 4.01. The van der Waals surface area contributed by atoms with Crippen molar-refractivity contribution in [3.63, 3.8) is 0 Å². The minimum absolute atomic E-state index is 0.100. The summed E-state index contributed by atoms with van der Waals surface area (Å²) in [5, 5.41) is 2.92. The smallest absolute Gasteiger partial charge is 0.242 e. The number of hydrogen-bond donors (Lipinski definition) is 1. The van der Waals surface area contributed by atoms with E-state index in [-0.39, 0.29) is 17.7 Å². The summed E-state index contributed by atoms with van der Waals surface area (Å²) in [7, 11) is 0. The number of nitrogens with zero attached hydrogens (tertiary/aromatic N) is 1. The van der Waals surface area contributed by atoms with Gasteiger partial charge >= 0.3 is 0 Å². The maximum Gasteiger partial charge on any atom is 0.242 e. The zero-order chi connectivity index (χ0) is 17.6. The fourth-order valence-corrected chi connectivity index (χ4v) is 3.85. The molecule has 3 fully saturated rings. The van der Waals surface area contributed by atoms with E-state index in [1.54, 1.807) is 4.90 Å². The van der Waals surface area contributed by atoms with Gasteiger partial charge in [0.1, 0.15) is 17.7 Å². The molecule has 0 spiro atoms. The van der Waals surface area contributed by atoms with Crippen molar-refractivity contribution in [1.29, 1.82) is 0 Å². The normalized spacial score (nSPS) is 24.2. The largest absolute Gasteiger partial charge is 0.353 e. The summed E-state index contributed by atoms with van der Waals surface area (Å²) in [6, 6.07) is 3.22. The summed E-state index contributed by atoms with van der Waals surface area (Å²) in [5.41, 5.74) is 0.0312. The third kappa shape index (κ3) is 3.14. The van der Waals surface area contributed by atoms with Gasteiger partial charge < -0.3 is 10.2 Å². The van der Waals surface area contributed by atoms with Crippen LogP contribution in [0.4, 0.5) is 8.78 Å². The van der Waals surface area contributed by atoms with Gasteiger partial charge in [0.25, 0.3) is 0 Å². The van der Waals surface area contributed by atoms with Gasteiger partial charge in [0.15, 0.2) is 0 Å². The van der Waals surface area contributed by atoms with E-state index >= 15 is 0 Å². The number of hydrogen-bond acceptors (Lipinski definition) is 2. The molecule has 3 aliphatic rings. The predicted molar refractivity (Wildman–Crippen MR) is 87.7 cm³/mol. The molecular weight excluding hydrogens is 326 g/mol. The lowest BCUT2D eigenvalue weighted by molar-refractivity contribution is -0.139. The standard InChI is InChI=1S/C19H22F2N2O2/c20-13-5-6-14(15(21)10-13)19(7-8-19)11-22-17(24)16-2-1-9-23(16)18(25)12-3-4-12/h5-6,10,12,16H,1-4,7-9,11H2,(H,22,24). The molecule has 1 aliphatic heterocycles. The number of carbonyl (C=O) groups excluding carboxylic acids is 2. The van der Waals surface area contributed by atoms with E-state index in [9.17, 15) is 18.4 Å². The average molecular weight is 348 g/mol. The van der Waals surface area contributed by atoms with E-state index in [0.29, 0.717) is 25.1 Å². The highest BCUT2D eigenvalue weighted by Gasteiger charge is 2.47. The number of rotatable bonds is 5. The van der Waals surface area contributed by atoms with E-state index in [1.807, 2.05) is 0 Å². The zero-order valence-corrected chi connectivity index (χ0v) is 14.1. The van der Waals surface area contributed by atoms with E-state index < -0.39 is 23.1 Å². The molecule has 134 valence electrons. The van der Waals surface area contributed by atoms with Crippen LogP contribution in [0.1, 0.15) is 44.1 Å². The van der Waals surface area contributed by atoms with E-state index in [2.05, 4.69) is 5.32 Å². The molecule has 1 saturated heterocycles. The number of carbonyl (C=O) groups is 2. The van der Waals surface area contributed by atoms with Crippen LogP contribution in [0.2, 0.25) is 0 Å². The van der Waals surface area contributed by atoms with E-state index in [0.717, 1.165) is 38.2 Å². The Morgan fingerprint density at radius 1 is 1.20 bits per heavy atom. The molecule has 1 aromatic rings. The molecule has 6 heteroatoms. The van der Waals surface area contributed by atoms with Gasteiger partial charge in [0, 0.05) is 30.5 Å². The van der Waals surface area contributed by atoms with E-state index in [4.69, 9.17) is 0 Å². The molecular formula is C19H22F2N2O2. The Morgan fingerprint density at radius 3 is 2.60 bits per heavy atom. The second-order valence-electron chi connectivity index (χ2n) is 7.59. The molecule has 2 aliphatic carbocycles. The Bertz CT molecular complexity index is 713. The van der Waals surface area contributed by atoms with Crippen LogP contribution in [0.5, 0.6) is 0 Å². The summed E-state index contributed by atoms with van der Waals surface area (Å²) in [4.78, 5) is 26.6. The molecule has 2 amide bonds. The van der Waals surface area contributed by atoms with Crippen molar-refractivity contribution in [1.82, 2.24) is 10.2 Å². The lowest BCUT2D eigenvalue weighted by Crippen LogP contribution is -2.48. The number of likely N-dealkylation sites (tertiary alicyclic amines) is 1. The van der Waals surface area contributed by atoms with Gasteiger partial charge in [0.2, 0.25) is 11.8 Å². The van der Waals surface area contributed by atoms with Crippen molar-refractivity contribution >= 4 is 11.8 Å². The van der Waals surface area contributed by atoms with Crippen molar-refractivity contribution in [3.05, 3.63) is 35.4 Å². The van der Waals surface area contributed by atoms with Crippen LogP contribution in [0, 0.1) is 17.6 Å². The molecule has 1 heterocycles. The first-order valence-electron chi connectivity index (χ1n) is 9.04. The van der Waals surface area contributed by atoms with Crippen LogP contribution in [0.15, 0.2) is 18.2 Å². The average Bonchev–Trinajstić information content (AvgIpc) is 3.50. The topological polar surface area (TPSA) is 49.4 Å². The number of benzene rings is 1. The first-order valence-corrected chi connectivity index (χ1v) is 9.04. The SMILES string of the molecule is O=C(NCC1(c2ccc(F)cc2F)CC1)C1CCCN1C(=O)C1CC1. The summed E-state index contributed by atoms with van der Waals surface area (Å²) < 4.78 is 27.2. The second-order valence-corrected chi connectivity index (χ2v) is 7.59. The van der Waals surface area contributed by atoms with Crippen LogP contribution >= 0.6 is 0 Å². The lowest BCUT2D eigenvalue weighted by Gasteiger charge is -2.25. The van der Waals surface area contributed by atoms with Gasteiger partial charge in [0.05, 0.1) is 0 Å². The highest BCUT2D eigenvalue weighted by Crippen LogP contribution is 2.48. The van der Waals surface area contributed by atoms with E-state index in [1.165, 1.54) is 12.1 Å². The molecule has 1 atom stereocenters. The van der Waals surface area contributed by atoms with Crippen LogP contribution in [0.25, 0.3) is 0 Å². The molecule has 4 nitrogen and oxygen atoms in total. The second kappa shape index (κ2) is 6.07. The molecule has 4 rings (SSSR count). The van der Waals surface area contributed by atoms with Crippen LogP contribution in [-0.2, 0) is 15.0 Å². The molecule has 1 unspecified atom stereocenters. The Hall–Kier alpha value is -1.98. The number of amides is 2. The molecule has 0 bridgehead atoms. The maximum absolute atomic E-state index is 14.1. The maximum atomic E-state index is 14.1. The lowest BCUT2D eigenvalue weighted by atomic mass is 9.95. The molecule has 0 radical (unpaired) electrons. The Morgan fingerprint density at radius 2 is 1.96 bits per heavy atom. The zero-order valence-electron chi connectivity index (χ0n) is 14.1. The monoisotopic (exact) mass is 348 g/mol. The third-order valence-corrected chi connectivity index (χ3v) is 5.72. The van der Waals surface area contributed by atoms with Crippen LogP contribution in [-0.4, -0.2) is 35.8 Å². The van der Waals surface area contributed by atoms with Gasteiger partial charge in [-0.2, -0.15) is 0 Å². The van der Waals surface area contributed by atoms with Crippen LogP contribution < -0.4 is 5.32 Å². The molecule has 2 saturated carbocycles. The van der Waals surface area contributed by atoms with Gasteiger partial charge in [-0.25, -0.2) is 8.78 Å². The summed E-state index contributed by atoms with van der Waals surface area (Å²) in [6.07, 6.45) is 4.92. The van der Waals surface area contributed by atoms with Gasteiger partial charge in [-0.15, -0.1) is 0 Å². The molecule has 25 heavy (non-hydrogen) atoms. The first-order chi connectivity index (χ1) is 12.0. The molecule has 1 N–H and O–H groups in total. The Labute approximate surface area is 145 Å². The fraction of sp³-hybridized carbons (Fsp3) is 0.579. The summed E-state index contributed by atoms with van der Waals surface area (Å²) in [6.45, 7) is 0.974. The predicted octanol–water partition coefficient (Wildman–Crippen LogP) is 2.51. The van der Waals surface area contributed by atoms with Gasteiger partial charge in [-0.05, 0) is 50.2 Å². The van der Waals surface area contributed by atoms with Crippen molar-refractivity contribution in [3.8, 4) is 0 Å². The number of halogens is 2. The van der Waals surface area contributed by atoms with Crippen molar-refractivity contribution in [2.24, 2.45) is 5.92 Å². The summed E-state index contributed by atoms with van der Waals surface area (Å²) >= 11 is 0.